The number of benzene rings is 2. The minimum Gasteiger partial charge on any atom is -0.493 e. The molecule has 3 aliphatic heterocycles. The number of morpholine rings is 1. The number of hydrogen-bond acceptors (Lipinski definition) is 11. The smallest absolute Gasteiger partial charge is 0.231 e. The fraction of sp³-hybridized carbons (Fsp3) is 0.464. The predicted octanol–water partition coefficient (Wildman–Crippen LogP) is 2.27. The topological polar surface area (TPSA) is 93.7 Å². The summed E-state index contributed by atoms with van der Waals surface area (Å²) in [5, 5.41) is 4.57. The Labute approximate surface area is 238 Å². The van der Waals surface area contributed by atoms with Crippen LogP contribution in [0, 0.1) is 0 Å². The molecule has 0 aliphatic carbocycles. The van der Waals surface area contributed by atoms with Crippen LogP contribution in [0.25, 0.3) is 10.9 Å². The van der Waals surface area contributed by atoms with Crippen molar-refractivity contribution < 1.29 is 23.7 Å². The number of hydrogen-bond donors (Lipinski definition) is 1. The van der Waals surface area contributed by atoms with Crippen LogP contribution in [0.1, 0.15) is 5.56 Å². The molecule has 3 aliphatic rings. The van der Waals surface area contributed by atoms with Crippen molar-refractivity contribution in [3.8, 4) is 23.0 Å². The van der Waals surface area contributed by atoms with E-state index in [9.17, 15) is 0 Å². The molecule has 2 aromatic carbocycles. The standard InChI is InChI=1S/C28H34N6O5S/c1-35-24-13-21-22(14-26(24)37-11-8-32-6-9-36-10-7-32)30-17-31-28(21)33-4-5-34(18-40)27(16-33)29-15-20-2-3-23-25(12-20)39-19-38-23/h2-3,12-14,17-18,27,29H,4-11,15-16,19H2,1H3. The van der Waals surface area contributed by atoms with Gasteiger partial charge in [-0.05, 0) is 23.8 Å². The van der Waals surface area contributed by atoms with Gasteiger partial charge >= 0.3 is 0 Å². The van der Waals surface area contributed by atoms with Gasteiger partial charge in [-0.25, -0.2) is 9.97 Å². The Bertz CT molecular complexity index is 1340. The zero-order valence-corrected chi connectivity index (χ0v) is 23.4. The number of methoxy groups -OCH3 is 1. The number of aromatic nitrogens is 2. The maximum atomic E-state index is 6.14. The summed E-state index contributed by atoms with van der Waals surface area (Å²) in [4.78, 5) is 16.0. The molecule has 11 nitrogen and oxygen atoms in total. The van der Waals surface area contributed by atoms with Gasteiger partial charge in [0.15, 0.2) is 23.0 Å². The molecule has 0 saturated carbocycles. The highest BCUT2D eigenvalue weighted by Gasteiger charge is 2.27. The van der Waals surface area contributed by atoms with Crippen LogP contribution in [0.4, 0.5) is 5.82 Å². The van der Waals surface area contributed by atoms with Crippen molar-refractivity contribution in [2.75, 3.05) is 77.9 Å². The summed E-state index contributed by atoms with van der Waals surface area (Å²) >= 11 is 5.34. The normalized spacial score (nSPS) is 19.2. The van der Waals surface area contributed by atoms with E-state index >= 15 is 0 Å². The first-order valence-electron chi connectivity index (χ1n) is 13.6. The van der Waals surface area contributed by atoms with E-state index in [4.69, 9.17) is 35.9 Å². The quantitative estimate of drug-likeness (QED) is 0.365. The average Bonchev–Trinajstić information content (AvgIpc) is 3.48. The maximum absolute atomic E-state index is 6.14. The molecule has 1 unspecified atom stereocenters. The molecule has 6 rings (SSSR count). The van der Waals surface area contributed by atoms with Crippen molar-refractivity contribution in [2.24, 2.45) is 0 Å². The molecule has 0 bridgehead atoms. The van der Waals surface area contributed by atoms with Crippen molar-refractivity contribution in [1.29, 1.82) is 0 Å². The number of anilines is 1. The molecule has 12 heteroatoms. The highest BCUT2D eigenvalue weighted by molar-refractivity contribution is 7.78. The van der Waals surface area contributed by atoms with Crippen LogP contribution in [0.2, 0.25) is 0 Å². The highest BCUT2D eigenvalue weighted by atomic mass is 32.1. The summed E-state index contributed by atoms with van der Waals surface area (Å²) in [6, 6.07) is 9.94. The summed E-state index contributed by atoms with van der Waals surface area (Å²) < 4.78 is 28.3. The molecule has 2 fully saturated rings. The molecule has 0 spiro atoms. The molecule has 4 heterocycles. The number of rotatable bonds is 10. The van der Waals surface area contributed by atoms with Gasteiger partial charge in [-0.3, -0.25) is 10.2 Å². The van der Waals surface area contributed by atoms with Crippen LogP contribution in [-0.2, 0) is 11.3 Å². The van der Waals surface area contributed by atoms with Crippen molar-refractivity contribution >= 4 is 34.4 Å². The van der Waals surface area contributed by atoms with Crippen molar-refractivity contribution in [3.63, 3.8) is 0 Å². The SMILES string of the molecule is COc1cc2c(N3CCN(C=S)C(NCc4ccc5c(c4)OCO5)C3)ncnc2cc1OCCN1CCOCC1. The van der Waals surface area contributed by atoms with E-state index in [1.807, 2.05) is 30.3 Å². The molecule has 3 aromatic rings. The first-order chi connectivity index (χ1) is 19.7. The lowest BCUT2D eigenvalue weighted by atomic mass is 10.1. The van der Waals surface area contributed by atoms with Crippen LogP contribution < -0.4 is 29.2 Å². The second-order valence-corrected chi connectivity index (χ2v) is 10.1. The van der Waals surface area contributed by atoms with E-state index in [-0.39, 0.29) is 13.0 Å². The van der Waals surface area contributed by atoms with E-state index < -0.39 is 0 Å². The number of piperazine rings is 1. The third-order valence-electron chi connectivity index (χ3n) is 7.50. The maximum Gasteiger partial charge on any atom is 0.231 e. The van der Waals surface area contributed by atoms with Crippen LogP contribution >= 0.6 is 12.2 Å². The molecule has 212 valence electrons. The molecule has 1 aromatic heterocycles. The zero-order valence-electron chi connectivity index (χ0n) is 22.6. The lowest BCUT2D eigenvalue weighted by molar-refractivity contribution is 0.0321. The first kappa shape index (κ1) is 26.8. The fourth-order valence-electron chi connectivity index (χ4n) is 5.27. The number of nitrogens with zero attached hydrogens (tertiary/aromatic N) is 5. The van der Waals surface area contributed by atoms with Crippen LogP contribution in [-0.4, -0.2) is 104 Å². The van der Waals surface area contributed by atoms with Crippen LogP contribution in [0.15, 0.2) is 36.7 Å². The van der Waals surface area contributed by atoms with Gasteiger partial charge in [0, 0.05) is 50.7 Å². The molecule has 40 heavy (non-hydrogen) atoms. The van der Waals surface area contributed by atoms with Gasteiger partial charge in [-0.15, -0.1) is 0 Å². The Hall–Kier alpha value is -3.45. The number of thiocarbonyl (C=S) groups is 1. The monoisotopic (exact) mass is 566 g/mol. The van der Waals surface area contributed by atoms with E-state index in [0.717, 1.165) is 79.7 Å². The van der Waals surface area contributed by atoms with Crippen molar-refractivity contribution in [1.82, 2.24) is 25.1 Å². The third-order valence-corrected chi connectivity index (χ3v) is 7.77. The Morgan fingerprint density at radius 2 is 1.93 bits per heavy atom. The second-order valence-electron chi connectivity index (χ2n) is 9.89. The van der Waals surface area contributed by atoms with Crippen LogP contribution in [0.5, 0.6) is 23.0 Å². The summed E-state index contributed by atoms with van der Waals surface area (Å²) in [6.45, 7) is 7.98. The van der Waals surface area contributed by atoms with E-state index in [0.29, 0.717) is 31.2 Å². The van der Waals surface area contributed by atoms with Gasteiger partial charge in [-0.2, -0.15) is 0 Å². The van der Waals surface area contributed by atoms with E-state index in [1.165, 1.54) is 0 Å². The van der Waals surface area contributed by atoms with Gasteiger partial charge < -0.3 is 33.5 Å². The summed E-state index contributed by atoms with van der Waals surface area (Å²) in [6.07, 6.45) is 1.62. The Morgan fingerprint density at radius 3 is 2.77 bits per heavy atom. The lowest BCUT2D eigenvalue weighted by Crippen LogP contribution is -2.58. The predicted molar refractivity (Wildman–Crippen MR) is 155 cm³/mol. The molecule has 0 amide bonds. The Morgan fingerprint density at radius 1 is 1.05 bits per heavy atom. The van der Waals surface area contributed by atoms with Gasteiger partial charge in [0.2, 0.25) is 6.79 Å². The van der Waals surface area contributed by atoms with Gasteiger partial charge in [0.25, 0.3) is 0 Å². The summed E-state index contributed by atoms with van der Waals surface area (Å²) in [5.74, 6) is 3.77. The van der Waals surface area contributed by atoms with Crippen LogP contribution in [0.3, 0.4) is 0 Å². The van der Waals surface area contributed by atoms with Crippen molar-refractivity contribution in [3.05, 3.63) is 42.2 Å². The average molecular weight is 567 g/mol. The third kappa shape index (κ3) is 5.85. The molecule has 1 N–H and O–H groups in total. The molecular formula is C28H34N6O5S. The highest BCUT2D eigenvalue weighted by Crippen LogP contribution is 2.36. The van der Waals surface area contributed by atoms with Gasteiger partial charge in [0.05, 0.1) is 44.0 Å². The van der Waals surface area contributed by atoms with Crippen molar-refractivity contribution in [2.45, 2.75) is 12.7 Å². The van der Waals surface area contributed by atoms with E-state index in [2.05, 4.69) is 30.0 Å². The second kappa shape index (κ2) is 12.4. The number of ether oxygens (including phenoxy) is 5. The minimum absolute atomic E-state index is 0.00591. The Balaban J connectivity index is 1.16. The zero-order chi connectivity index (χ0) is 27.3. The van der Waals surface area contributed by atoms with E-state index in [1.54, 1.807) is 18.9 Å². The Kier molecular flexibility index (Phi) is 8.28. The molecule has 2 saturated heterocycles. The first-order valence-corrected chi connectivity index (χ1v) is 14.0. The summed E-state index contributed by atoms with van der Waals surface area (Å²) in [7, 11) is 1.66. The largest absolute Gasteiger partial charge is 0.493 e. The minimum atomic E-state index is 0.00591. The van der Waals surface area contributed by atoms with Gasteiger partial charge in [0.1, 0.15) is 18.8 Å². The van der Waals surface area contributed by atoms with Gasteiger partial charge in [-0.1, -0.05) is 18.3 Å². The molecule has 1 atom stereocenters. The number of fused-ring (bicyclic) bond motifs is 2. The molecule has 0 radical (unpaired) electrons. The molecular weight excluding hydrogens is 532 g/mol. The summed E-state index contributed by atoms with van der Waals surface area (Å²) in [5.41, 5.74) is 3.66. The fourth-order valence-corrected chi connectivity index (χ4v) is 5.52. The number of nitrogens with one attached hydrogen (secondary N) is 1. The lowest BCUT2D eigenvalue weighted by Gasteiger charge is -2.41.